The zero-order valence-corrected chi connectivity index (χ0v) is 10.2. The molecule has 1 aromatic rings. The molecule has 17 heavy (non-hydrogen) atoms. The van der Waals surface area contributed by atoms with Crippen molar-refractivity contribution in [3.63, 3.8) is 0 Å². The molecule has 4 heteroatoms. The van der Waals surface area contributed by atoms with Gasteiger partial charge in [-0.15, -0.1) is 0 Å². The summed E-state index contributed by atoms with van der Waals surface area (Å²) in [6.45, 7) is 3.10. The zero-order valence-electron chi connectivity index (χ0n) is 10.2. The number of aliphatic hydroxyl groups excluding tert-OH is 1. The normalized spacial score (nSPS) is 25.1. The minimum atomic E-state index is -0.219. The van der Waals surface area contributed by atoms with E-state index >= 15 is 0 Å². The molecule has 94 valence electrons. The second kappa shape index (κ2) is 6.10. The Morgan fingerprint density at radius 3 is 2.94 bits per heavy atom. The molecular weight excluding hydrogens is 216 g/mol. The van der Waals surface area contributed by atoms with Crippen molar-refractivity contribution < 1.29 is 9.84 Å². The van der Waals surface area contributed by atoms with Crippen LogP contribution in [0.3, 0.4) is 0 Å². The highest BCUT2D eigenvalue weighted by Gasteiger charge is 2.24. The maximum absolute atomic E-state index is 9.87. The van der Waals surface area contributed by atoms with Gasteiger partial charge in [0.25, 0.3) is 0 Å². The van der Waals surface area contributed by atoms with Gasteiger partial charge in [0.2, 0.25) is 0 Å². The predicted molar refractivity (Wildman–Crippen MR) is 65.5 cm³/mol. The molecule has 1 saturated heterocycles. The van der Waals surface area contributed by atoms with Gasteiger partial charge in [-0.2, -0.15) is 0 Å². The number of aromatic nitrogens is 1. The predicted octanol–water partition coefficient (Wildman–Crippen LogP) is 0.911. The van der Waals surface area contributed by atoms with Gasteiger partial charge in [0, 0.05) is 38.0 Å². The molecule has 1 aliphatic rings. The number of aliphatic hydroxyl groups is 1. The molecule has 2 heterocycles. The van der Waals surface area contributed by atoms with Crippen LogP contribution in [-0.4, -0.2) is 47.9 Å². The van der Waals surface area contributed by atoms with Crippen LogP contribution in [0.1, 0.15) is 12.0 Å². The standard InChI is InChI=1S/C13H20N2O2/c1-15(8-11-2-5-14-6-3-11)9-12-10-17-7-4-13(12)16/h2-3,5-6,12-13,16H,4,7-10H2,1H3. The summed E-state index contributed by atoms with van der Waals surface area (Å²) in [4.78, 5) is 6.22. The quantitative estimate of drug-likeness (QED) is 0.844. The topological polar surface area (TPSA) is 45.6 Å². The molecule has 2 atom stereocenters. The molecule has 1 aromatic heterocycles. The van der Waals surface area contributed by atoms with E-state index in [0.29, 0.717) is 13.2 Å². The maximum atomic E-state index is 9.87. The zero-order chi connectivity index (χ0) is 12.1. The number of hydrogen-bond donors (Lipinski definition) is 1. The van der Waals surface area contributed by atoms with E-state index in [1.54, 1.807) is 0 Å². The van der Waals surface area contributed by atoms with Crippen LogP contribution in [0, 0.1) is 5.92 Å². The second-order valence-electron chi connectivity index (χ2n) is 4.74. The lowest BCUT2D eigenvalue weighted by Gasteiger charge is -2.31. The number of hydrogen-bond acceptors (Lipinski definition) is 4. The molecule has 0 saturated carbocycles. The van der Waals surface area contributed by atoms with E-state index < -0.39 is 0 Å². The lowest BCUT2D eigenvalue weighted by Crippen LogP contribution is -2.39. The summed E-state index contributed by atoms with van der Waals surface area (Å²) in [7, 11) is 2.07. The molecule has 0 bridgehead atoms. The summed E-state index contributed by atoms with van der Waals surface area (Å²) in [5.41, 5.74) is 1.24. The molecule has 1 aliphatic heterocycles. The lowest BCUT2D eigenvalue weighted by molar-refractivity contribution is -0.0451. The monoisotopic (exact) mass is 236 g/mol. The van der Waals surface area contributed by atoms with Crippen molar-refractivity contribution in [3.05, 3.63) is 30.1 Å². The average Bonchev–Trinajstić information content (AvgIpc) is 2.33. The highest BCUT2D eigenvalue weighted by Crippen LogP contribution is 2.16. The summed E-state index contributed by atoms with van der Waals surface area (Å²) in [5.74, 6) is 0.232. The van der Waals surface area contributed by atoms with Gasteiger partial charge in [-0.1, -0.05) is 0 Å². The Bertz CT molecular complexity index is 331. The van der Waals surface area contributed by atoms with Crippen LogP contribution in [-0.2, 0) is 11.3 Å². The van der Waals surface area contributed by atoms with Gasteiger partial charge >= 0.3 is 0 Å². The molecule has 2 rings (SSSR count). The largest absolute Gasteiger partial charge is 0.393 e. The fourth-order valence-electron chi connectivity index (χ4n) is 2.22. The molecule has 2 unspecified atom stereocenters. The molecule has 0 aliphatic carbocycles. The van der Waals surface area contributed by atoms with Crippen molar-refractivity contribution in [2.45, 2.75) is 19.1 Å². The molecule has 0 radical (unpaired) electrons. The van der Waals surface area contributed by atoms with E-state index in [-0.39, 0.29) is 12.0 Å². The molecular formula is C13H20N2O2. The summed E-state index contributed by atoms with van der Waals surface area (Å²) in [6, 6.07) is 4.04. The Labute approximate surface area is 102 Å². The third kappa shape index (κ3) is 3.77. The van der Waals surface area contributed by atoms with Crippen LogP contribution < -0.4 is 0 Å². The van der Waals surface area contributed by atoms with Crippen LogP contribution in [0.25, 0.3) is 0 Å². The summed E-state index contributed by atoms with van der Waals surface area (Å²) in [5, 5.41) is 9.87. The number of rotatable bonds is 4. The fraction of sp³-hybridized carbons (Fsp3) is 0.615. The Balaban J connectivity index is 1.82. The van der Waals surface area contributed by atoms with E-state index in [4.69, 9.17) is 4.74 Å². The molecule has 0 amide bonds. The van der Waals surface area contributed by atoms with Gasteiger partial charge in [-0.05, 0) is 31.2 Å². The van der Waals surface area contributed by atoms with Crippen molar-refractivity contribution in [1.29, 1.82) is 0 Å². The Morgan fingerprint density at radius 2 is 2.24 bits per heavy atom. The smallest absolute Gasteiger partial charge is 0.0624 e. The third-order valence-corrected chi connectivity index (χ3v) is 3.18. The van der Waals surface area contributed by atoms with Crippen LogP contribution in [0.4, 0.5) is 0 Å². The molecule has 1 fully saturated rings. The Hall–Kier alpha value is -0.970. The summed E-state index contributed by atoms with van der Waals surface area (Å²) in [6.07, 6.45) is 4.15. The van der Waals surface area contributed by atoms with E-state index in [1.165, 1.54) is 5.56 Å². The van der Waals surface area contributed by atoms with Crippen molar-refractivity contribution in [2.24, 2.45) is 5.92 Å². The SMILES string of the molecule is CN(Cc1ccncc1)CC1COCCC1O. The van der Waals surface area contributed by atoms with Gasteiger partial charge in [-0.25, -0.2) is 0 Å². The third-order valence-electron chi connectivity index (χ3n) is 3.18. The minimum absolute atomic E-state index is 0.219. The highest BCUT2D eigenvalue weighted by atomic mass is 16.5. The van der Waals surface area contributed by atoms with Gasteiger partial charge in [0.1, 0.15) is 0 Å². The van der Waals surface area contributed by atoms with E-state index in [0.717, 1.165) is 19.5 Å². The van der Waals surface area contributed by atoms with E-state index in [9.17, 15) is 5.11 Å². The van der Waals surface area contributed by atoms with Crippen LogP contribution in [0.2, 0.25) is 0 Å². The number of nitrogens with zero attached hydrogens (tertiary/aromatic N) is 2. The van der Waals surface area contributed by atoms with Crippen molar-refractivity contribution in [2.75, 3.05) is 26.8 Å². The van der Waals surface area contributed by atoms with E-state index in [1.807, 2.05) is 24.5 Å². The summed E-state index contributed by atoms with van der Waals surface area (Å²) < 4.78 is 5.41. The number of ether oxygens (including phenoxy) is 1. The van der Waals surface area contributed by atoms with Gasteiger partial charge < -0.3 is 14.7 Å². The maximum Gasteiger partial charge on any atom is 0.0624 e. The van der Waals surface area contributed by atoms with Crippen LogP contribution in [0.15, 0.2) is 24.5 Å². The van der Waals surface area contributed by atoms with Crippen molar-refractivity contribution >= 4 is 0 Å². The highest BCUT2D eigenvalue weighted by molar-refractivity contribution is 5.09. The van der Waals surface area contributed by atoms with Crippen LogP contribution in [0.5, 0.6) is 0 Å². The molecule has 1 N–H and O–H groups in total. The van der Waals surface area contributed by atoms with Crippen molar-refractivity contribution in [1.82, 2.24) is 9.88 Å². The van der Waals surface area contributed by atoms with Gasteiger partial charge in [0.15, 0.2) is 0 Å². The molecule has 0 aromatic carbocycles. The second-order valence-corrected chi connectivity index (χ2v) is 4.74. The average molecular weight is 236 g/mol. The Kier molecular flexibility index (Phi) is 4.48. The molecule has 0 spiro atoms. The van der Waals surface area contributed by atoms with Crippen molar-refractivity contribution in [3.8, 4) is 0 Å². The fourth-order valence-corrected chi connectivity index (χ4v) is 2.22. The first-order valence-corrected chi connectivity index (χ1v) is 6.09. The number of pyridine rings is 1. The van der Waals surface area contributed by atoms with E-state index in [2.05, 4.69) is 16.9 Å². The Morgan fingerprint density at radius 1 is 1.47 bits per heavy atom. The molecule has 4 nitrogen and oxygen atoms in total. The van der Waals surface area contributed by atoms with Gasteiger partial charge in [0.05, 0.1) is 12.7 Å². The van der Waals surface area contributed by atoms with Crippen LogP contribution >= 0.6 is 0 Å². The first-order valence-electron chi connectivity index (χ1n) is 6.09. The van der Waals surface area contributed by atoms with Gasteiger partial charge in [-0.3, -0.25) is 4.98 Å². The lowest BCUT2D eigenvalue weighted by atomic mass is 9.98. The first-order chi connectivity index (χ1) is 8.25. The summed E-state index contributed by atoms with van der Waals surface area (Å²) >= 11 is 0. The first kappa shape index (κ1) is 12.5. The minimum Gasteiger partial charge on any atom is -0.393 e.